The third-order valence-corrected chi connectivity index (χ3v) is 3.42. The van der Waals surface area contributed by atoms with E-state index >= 15 is 0 Å². The van der Waals surface area contributed by atoms with Gasteiger partial charge in [-0.2, -0.15) is 10.2 Å². The highest BCUT2D eigenvalue weighted by Gasteiger charge is 2.15. The first-order valence-electron chi connectivity index (χ1n) is 7.76. The van der Waals surface area contributed by atoms with Crippen molar-refractivity contribution in [1.82, 2.24) is 0 Å². The zero-order valence-electron chi connectivity index (χ0n) is 14.5. The van der Waals surface area contributed by atoms with Crippen LogP contribution in [0.15, 0.2) is 52.7 Å². The Hall–Kier alpha value is -2.36. The average Bonchev–Trinajstić information content (AvgIpc) is 2.53. The van der Waals surface area contributed by atoms with E-state index in [-0.39, 0.29) is 5.41 Å². The number of hydrogen-bond acceptors (Lipinski definition) is 4. The van der Waals surface area contributed by atoms with Gasteiger partial charge in [0.1, 0.15) is 11.5 Å². The van der Waals surface area contributed by atoms with Crippen LogP contribution in [-0.4, -0.2) is 13.7 Å². The van der Waals surface area contributed by atoms with Crippen molar-refractivity contribution in [3.63, 3.8) is 0 Å². The standard InChI is InChI=1S/C19H24N2O2/c1-6-23-18-12-14(19(2,3)4)11-16(13-18)21-20-15-7-9-17(22-5)10-8-15/h7-13H,6H2,1-5H3. The monoisotopic (exact) mass is 312 g/mol. The SMILES string of the molecule is CCOc1cc(N=Nc2ccc(OC)cc2)cc(C(C)(C)C)c1. The van der Waals surface area contributed by atoms with Gasteiger partial charge in [0.25, 0.3) is 0 Å². The Kier molecular flexibility index (Phi) is 5.37. The van der Waals surface area contributed by atoms with Gasteiger partial charge in [-0.1, -0.05) is 20.8 Å². The molecule has 0 saturated heterocycles. The number of ether oxygens (including phenoxy) is 2. The van der Waals surface area contributed by atoms with Gasteiger partial charge in [-0.25, -0.2) is 0 Å². The largest absolute Gasteiger partial charge is 0.497 e. The molecule has 2 rings (SSSR count). The van der Waals surface area contributed by atoms with Crippen LogP contribution in [0.1, 0.15) is 33.3 Å². The van der Waals surface area contributed by atoms with Crippen LogP contribution in [0.2, 0.25) is 0 Å². The third kappa shape index (κ3) is 4.81. The van der Waals surface area contributed by atoms with E-state index in [1.807, 2.05) is 37.3 Å². The summed E-state index contributed by atoms with van der Waals surface area (Å²) < 4.78 is 10.8. The highest BCUT2D eigenvalue weighted by atomic mass is 16.5. The van der Waals surface area contributed by atoms with Crippen LogP contribution in [0, 0.1) is 0 Å². The van der Waals surface area contributed by atoms with Crippen LogP contribution in [-0.2, 0) is 5.41 Å². The van der Waals surface area contributed by atoms with Crippen LogP contribution in [0.3, 0.4) is 0 Å². The Bertz CT molecular complexity index is 671. The van der Waals surface area contributed by atoms with Crippen molar-refractivity contribution >= 4 is 11.4 Å². The summed E-state index contributed by atoms with van der Waals surface area (Å²) in [5.41, 5.74) is 2.77. The lowest BCUT2D eigenvalue weighted by molar-refractivity contribution is 0.339. The molecule has 0 atom stereocenters. The molecule has 0 fully saturated rings. The second-order valence-electron chi connectivity index (χ2n) is 6.30. The normalized spacial score (nSPS) is 11.7. The first kappa shape index (κ1) is 17.0. The van der Waals surface area contributed by atoms with Crippen LogP contribution in [0.4, 0.5) is 11.4 Å². The van der Waals surface area contributed by atoms with E-state index < -0.39 is 0 Å². The molecule has 0 radical (unpaired) electrons. The lowest BCUT2D eigenvalue weighted by Crippen LogP contribution is -2.11. The van der Waals surface area contributed by atoms with Crippen molar-refractivity contribution in [3.05, 3.63) is 48.0 Å². The van der Waals surface area contributed by atoms with Gasteiger partial charge < -0.3 is 9.47 Å². The molecule has 2 aromatic carbocycles. The van der Waals surface area contributed by atoms with Gasteiger partial charge in [-0.05, 0) is 54.3 Å². The smallest absolute Gasteiger partial charge is 0.121 e. The Morgan fingerprint density at radius 1 is 0.870 bits per heavy atom. The van der Waals surface area contributed by atoms with Gasteiger partial charge in [0, 0.05) is 6.07 Å². The molecule has 23 heavy (non-hydrogen) atoms. The summed E-state index contributed by atoms with van der Waals surface area (Å²) in [6.45, 7) is 9.11. The first-order chi connectivity index (χ1) is 10.9. The summed E-state index contributed by atoms with van der Waals surface area (Å²) in [6.07, 6.45) is 0. The molecule has 0 heterocycles. The molecule has 4 nitrogen and oxygen atoms in total. The molecule has 0 N–H and O–H groups in total. The molecule has 0 amide bonds. The number of benzene rings is 2. The maximum Gasteiger partial charge on any atom is 0.121 e. The second kappa shape index (κ2) is 7.27. The van der Waals surface area contributed by atoms with Crippen molar-refractivity contribution in [1.29, 1.82) is 0 Å². The summed E-state index contributed by atoms with van der Waals surface area (Å²) in [4.78, 5) is 0. The van der Waals surface area contributed by atoms with Crippen LogP contribution >= 0.6 is 0 Å². The number of azo groups is 1. The summed E-state index contributed by atoms with van der Waals surface area (Å²) in [5, 5.41) is 8.64. The molecular formula is C19H24N2O2. The molecule has 0 saturated carbocycles. The molecular weight excluding hydrogens is 288 g/mol. The summed E-state index contributed by atoms with van der Waals surface area (Å²) in [5.74, 6) is 1.63. The lowest BCUT2D eigenvalue weighted by atomic mass is 9.87. The van der Waals surface area contributed by atoms with E-state index in [1.165, 1.54) is 5.56 Å². The van der Waals surface area contributed by atoms with E-state index in [9.17, 15) is 0 Å². The molecule has 122 valence electrons. The van der Waals surface area contributed by atoms with Crippen LogP contribution < -0.4 is 9.47 Å². The maximum absolute atomic E-state index is 5.65. The second-order valence-corrected chi connectivity index (χ2v) is 6.30. The number of methoxy groups -OCH3 is 1. The number of rotatable bonds is 5. The summed E-state index contributed by atoms with van der Waals surface area (Å²) in [7, 11) is 1.64. The first-order valence-corrected chi connectivity index (χ1v) is 7.76. The molecule has 0 aliphatic rings. The fourth-order valence-electron chi connectivity index (χ4n) is 2.09. The van der Waals surface area contributed by atoms with Crippen molar-refractivity contribution in [2.24, 2.45) is 10.2 Å². The minimum absolute atomic E-state index is 0.0253. The molecule has 0 spiro atoms. The summed E-state index contributed by atoms with van der Waals surface area (Å²) >= 11 is 0. The third-order valence-electron chi connectivity index (χ3n) is 3.42. The molecule has 2 aromatic rings. The van der Waals surface area contributed by atoms with Crippen molar-refractivity contribution in [2.45, 2.75) is 33.1 Å². The zero-order chi connectivity index (χ0) is 16.9. The fourth-order valence-corrected chi connectivity index (χ4v) is 2.09. The zero-order valence-corrected chi connectivity index (χ0v) is 14.5. The maximum atomic E-state index is 5.65. The van der Waals surface area contributed by atoms with E-state index in [1.54, 1.807) is 7.11 Å². The van der Waals surface area contributed by atoms with Gasteiger partial charge in [-0.15, -0.1) is 0 Å². The number of hydrogen-bond donors (Lipinski definition) is 0. The van der Waals surface area contributed by atoms with Crippen molar-refractivity contribution in [3.8, 4) is 11.5 Å². The molecule has 0 aromatic heterocycles. The minimum atomic E-state index is 0.0253. The fraction of sp³-hybridized carbons (Fsp3) is 0.368. The quantitative estimate of drug-likeness (QED) is 0.654. The highest BCUT2D eigenvalue weighted by Crippen LogP contribution is 2.32. The van der Waals surface area contributed by atoms with Gasteiger partial charge in [0.05, 0.1) is 25.1 Å². The van der Waals surface area contributed by atoms with Gasteiger partial charge in [0.15, 0.2) is 0 Å². The molecule has 0 aliphatic carbocycles. The molecule has 4 heteroatoms. The Morgan fingerprint density at radius 3 is 2.09 bits per heavy atom. The van der Waals surface area contributed by atoms with Crippen molar-refractivity contribution < 1.29 is 9.47 Å². The highest BCUT2D eigenvalue weighted by molar-refractivity contribution is 5.49. The topological polar surface area (TPSA) is 43.2 Å². The van der Waals surface area contributed by atoms with Gasteiger partial charge >= 0.3 is 0 Å². The molecule has 0 aliphatic heterocycles. The van der Waals surface area contributed by atoms with E-state index in [2.05, 4.69) is 43.1 Å². The van der Waals surface area contributed by atoms with Crippen LogP contribution in [0.25, 0.3) is 0 Å². The number of nitrogens with zero attached hydrogens (tertiary/aromatic N) is 2. The average molecular weight is 312 g/mol. The Labute approximate surface area is 138 Å². The Balaban J connectivity index is 2.29. The Morgan fingerprint density at radius 2 is 1.52 bits per heavy atom. The van der Waals surface area contributed by atoms with Gasteiger partial charge in [0.2, 0.25) is 0 Å². The van der Waals surface area contributed by atoms with Crippen LogP contribution in [0.5, 0.6) is 11.5 Å². The summed E-state index contributed by atoms with van der Waals surface area (Å²) in [6, 6.07) is 13.5. The van der Waals surface area contributed by atoms with Gasteiger partial charge in [-0.3, -0.25) is 0 Å². The van der Waals surface area contributed by atoms with E-state index in [4.69, 9.17) is 9.47 Å². The lowest BCUT2D eigenvalue weighted by Gasteiger charge is -2.20. The molecule has 0 bridgehead atoms. The van der Waals surface area contributed by atoms with E-state index in [0.717, 1.165) is 22.9 Å². The van der Waals surface area contributed by atoms with Crippen molar-refractivity contribution in [2.75, 3.05) is 13.7 Å². The minimum Gasteiger partial charge on any atom is -0.497 e. The predicted octanol–water partition coefficient (Wildman–Crippen LogP) is 5.81. The van der Waals surface area contributed by atoms with E-state index in [0.29, 0.717) is 6.61 Å². The predicted molar refractivity (Wildman–Crippen MR) is 93.5 cm³/mol. The molecule has 0 unspecified atom stereocenters.